The van der Waals surface area contributed by atoms with Gasteiger partial charge in [0, 0.05) is 16.9 Å². The fourth-order valence-electron chi connectivity index (χ4n) is 2.64. The molecule has 0 saturated heterocycles. The number of nitrogens with one attached hydrogen (secondary N) is 1. The van der Waals surface area contributed by atoms with E-state index in [0.29, 0.717) is 22.8 Å². The molecule has 2 rings (SSSR count). The van der Waals surface area contributed by atoms with E-state index in [-0.39, 0.29) is 11.3 Å². The molecule has 0 spiro atoms. The second-order valence-corrected chi connectivity index (χ2v) is 6.85. The Morgan fingerprint density at radius 2 is 2.00 bits per heavy atom. The Labute approximate surface area is 140 Å². The van der Waals surface area contributed by atoms with Crippen LogP contribution < -0.4 is 10.5 Å². The predicted octanol–water partition coefficient (Wildman–Crippen LogP) is 5.40. The lowest BCUT2D eigenvalue weighted by atomic mass is 9.99. The molecule has 0 radical (unpaired) electrons. The van der Waals surface area contributed by atoms with Crippen molar-refractivity contribution in [1.82, 2.24) is 0 Å². The fourth-order valence-corrected chi connectivity index (χ4v) is 3.65. The van der Waals surface area contributed by atoms with E-state index >= 15 is 0 Å². The number of allylic oxidation sites excluding steroid dienone is 3. The van der Waals surface area contributed by atoms with Gasteiger partial charge in [-0.15, -0.1) is 0 Å². The van der Waals surface area contributed by atoms with Crippen molar-refractivity contribution in [3.63, 3.8) is 0 Å². The van der Waals surface area contributed by atoms with Gasteiger partial charge in [-0.1, -0.05) is 26.0 Å². The van der Waals surface area contributed by atoms with Gasteiger partial charge < -0.3 is 10.5 Å². The minimum Gasteiger partial charge on any atom is -0.405 e. The van der Waals surface area contributed by atoms with Crippen molar-refractivity contribution < 1.29 is 8.78 Å². The van der Waals surface area contributed by atoms with Crippen LogP contribution in [0.1, 0.15) is 37.7 Å². The van der Waals surface area contributed by atoms with Gasteiger partial charge in [-0.25, -0.2) is 8.78 Å². The summed E-state index contributed by atoms with van der Waals surface area (Å²) >= 11 is 1.47. The summed E-state index contributed by atoms with van der Waals surface area (Å²) in [5.74, 6) is -0.969. The van der Waals surface area contributed by atoms with E-state index < -0.39 is 11.6 Å². The van der Waals surface area contributed by atoms with Crippen LogP contribution in [0.3, 0.4) is 0 Å². The van der Waals surface area contributed by atoms with Crippen molar-refractivity contribution in [1.29, 1.82) is 0 Å². The highest BCUT2D eigenvalue weighted by atomic mass is 32.2. The van der Waals surface area contributed by atoms with Gasteiger partial charge in [-0.3, -0.25) is 0 Å². The molecule has 1 aliphatic rings. The third-order valence-electron chi connectivity index (χ3n) is 3.83. The lowest BCUT2D eigenvalue weighted by Gasteiger charge is -2.15. The molecule has 1 fully saturated rings. The van der Waals surface area contributed by atoms with Gasteiger partial charge in [-0.05, 0) is 60.7 Å². The van der Waals surface area contributed by atoms with Crippen LogP contribution in [-0.2, 0) is 0 Å². The molecule has 0 atom stereocenters. The first-order valence-electron chi connectivity index (χ1n) is 7.66. The summed E-state index contributed by atoms with van der Waals surface area (Å²) in [6, 6.07) is 2.35. The number of nitrogens with two attached hydrogens (primary N) is 1. The number of halogens is 2. The van der Waals surface area contributed by atoms with E-state index in [1.807, 2.05) is 0 Å². The topological polar surface area (TPSA) is 38.0 Å². The van der Waals surface area contributed by atoms with E-state index in [2.05, 4.69) is 17.9 Å². The van der Waals surface area contributed by atoms with Gasteiger partial charge in [-0.2, -0.15) is 0 Å². The van der Waals surface area contributed by atoms with E-state index in [1.165, 1.54) is 43.1 Å². The van der Waals surface area contributed by atoms with Crippen LogP contribution in [0.5, 0.6) is 0 Å². The van der Waals surface area contributed by atoms with Crippen LogP contribution in [0.4, 0.5) is 14.5 Å². The number of rotatable bonds is 7. The van der Waals surface area contributed by atoms with Gasteiger partial charge in [0.25, 0.3) is 0 Å². The summed E-state index contributed by atoms with van der Waals surface area (Å²) in [5, 5.41) is 0.457. The summed E-state index contributed by atoms with van der Waals surface area (Å²) < 4.78 is 31.5. The van der Waals surface area contributed by atoms with Crippen LogP contribution >= 0.6 is 11.9 Å². The molecule has 1 aliphatic carbocycles. The minimum atomic E-state index is -0.489. The van der Waals surface area contributed by atoms with Gasteiger partial charge in [0.05, 0.1) is 5.69 Å². The molecule has 1 saturated carbocycles. The zero-order valence-corrected chi connectivity index (χ0v) is 13.9. The molecular formula is C18H22F2N2S. The van der Waals surface area contributed by atoms with E-state index in [1.54, 1.807) is 6.08 Å². The highest BCUT2D eigenvalue weighted by molar-refractivity contribution is 8.01. The van der Waals surface area contributed by atoms with Crippen molar-refractivity contribution in [3.8, 4) is 0 Å². The fraction of sp³-hybridized carbons (Fsp3) is 0.333. The molecule has 0 aromatic heterocycles. The molecular weight excluding hydrogens is 314 g/mol. The maximum absolute atomic E-state index is 14.6. The average molecular weight is 336 g/mol. The second kappa shape index (κ2) is 8.20. The zero-order chi connectivity index (χ0) is 16.8. The van der Waals surface area contributed by atoms with E-state index in [4.69, 9.17) is 5.73 Å². The first-order chi connectivity index (χ1) is 11.0. The molecule has 0 aliphatic heterocycles. The SMILES string of the molecule is C=C(/C=C\N)CC(=C)c1cc(F)cc(NSC2CCCC2)c1F. The van der Waals surface area contributed by atoms with Crippen molar-refractivity contribution >= 4 is 23.2 Å². The summed E-state index contributed by atoms with van der Waals surface area (Å²) in [5.41, 5.74) is 6.80. The first-order valence-corrected chi connectivity index (χ1v) is 8.54. The normalized spacial score (nSPS) is 15.2. The van der Waals surface area contributed by atoms with Crippen molar-refractivity contribution in [2.75, 3.05) is 4.72 Å². The quantitative estimate of drug-likeness (QED) is 0.517. The van der Waals surface area contributed by atoms with Crippen LogP contribution in [0.25, 0.3) is 5.57 Å². The lowest BCUT2D eigenvalue weighted by molar-refractivity contribution is 0.601. The number of benzene rings is 1. The largest absolute Gasteiger partial charge is 0.405 e. The summed E-state index contributed by atoms with van der Waals surface area (Å²) in [4.78, 5) is 0. The maximum Gasteiger partial charge on any atom is 0.154 e. The van der Waals surface area contributed by atoms with Crippen molar-refractivity contribution in [3.05, 3.63) is 60.3 Å². The minimum absolute atomic E-state index is 0.165. The monoisotopic (exact) mass is 336 g/mol. The molecule has 5 heteroatoms. The standard InChI is InChI=1S/C18H22F2N2S/c1-12(7-8-21)9-13(2)16-10-14(19)11-17(18(16)20)22-23-15-5-3-4-6-15/h7-8,10-11,15,22H,1-6,9,21H2/b8-7-. The Bertz CT molecular complexity index is 620. The molecule has 124 valence electrons. The third kappa shape index (κ3) is 4.86. The summed E-state index contributed by atoms with van der Waals surface area (Å²) in [6.07, 6.45) is 7.94. The smallest absolute Gasteiger partial charge is 0.154 e. The van der Waals surface area contributed by atoms with E-state index in [0.717, 1.165) is 12.8 Å². The molecule has 1 aromatic carbocycles. The Kier molecular flexibility index (Phi) is 6.28. The van der Waals surface area contributed by atoms with Crippen molar-refractivity contribution in [2.24, 2.45) is 5.73 Å². The van der Waals surface area contributed by atoms with Gasteiger partial charge >= 0.3 is 0 Å². The Hall–Kier alpha value is -1.75. The predicted molar refractivity (Wildman–Crippen MR) is 95.9 cm³/mol. The van der Waals surface area contributed by atoms with Crippen LogP contribution in [0, 0.1) is 11.6 Å². The molecule has 0 heterocycles. The molecule has 3 N–H and O–H groups in total. The molecule has 0 amide bonds. The number of hydrogen-bond donors (Lipinski definition) is 2. The van der Waals surface area contributed by atoms with Crippen LogP contribution in [0.15, 0.2) is 43.1 Å². The average Bonchev–Trinajstić information content (AvgIpc) is 3.01. The second-order valence-electron chi connectivity index (χ2n) is 5.74. The number of hydrogen-bond acceptors (Lipinski definition) is 3. The molecule has 2 nitrogen and oxygen atoms in total. The summed E-state index contributed by atoms with van der Waals surface area (Å²) in [7, 11) is 0. The van der Waals surface area contributed by atoms with Crippen LogP contribution in [-0.4, -0.2) is 5.25 Å². The van der Waals surface area contributed by atoms with Crippen LogP contribution in [0.2, 0.25) is 0 Å². The Morgan fingerprint density at radius 3 is 2.65 bits per heavy atom. The van der Waals surface area contributed by atoms with Gasteiger partial charge in [0.15, 0.2) is 5.82 Å². The molecule has 0 bridgehead atoms. The van der Waals surface area contributed by atoms with E-state index in [9.17, 15) is 8.78 Å². The third-order valence-corrected chi connectivity index (χ3v) is 4.97. The van der Waals surface area contributed by atoms with Crippen molar-refractivity contribution in [2.45, 2.75) is 37.4 Å². The Morgan fingerprint density at radius 1 is 1.30 bits per heavy atom. The molecule has 0 unspecified atom stereocenters. The van der Waals surface area contributed by atoms with Gasteiger partial charge in [0.1, 0.15) is 5.82 Å². The zero-order valence-electron chi connectivity index (χ0n) is 13.1. The lowest BCUT2D eigenvalue weighted by Crippen LogP contribution is -2.03. The maximum atomic E-state index is 14.6. The number of anilines is 1. The first kappa shape index (κ1) is 17.6. The highest BCUT2D eigenvalue weighted by Gasteiger charge is 2.18. The summed E-state index contributed by atoms with van der Waals surface area (Å²) in [6.45, 7) is 7.66. The molecule has 23 heavy (non-hydrogen) atoms. The molecule has 1 aromatic rings. The van der Waals surface area contributed by atoms with Gasteiger partial charge in [0.2, 0.25) is 0 Å². The Balaban J connectivity index is 2.13. The highest BCUT2D eigenvalue weighted by Crippen LogP contribution is 2.33.